The molecule has 2 rings (SSSR count). The van der Waals surface area contributed by atoms with Gasteiger partial charge in [-0.2, -0.15) is 0 Å². The van der Waals surface area contributed by atoms with Gasteiger partial charge in [0.2, 0.25) is 0 Å². The van der Waals surface area contributed by atoms with Crippen molar-refractivity contribution < 1.29 is 4.74 Å². The number of methoxy groups -OCH3 is 1. The Morgan fingerprint density at radius 2 is 1.75 bits per heavy atom. The van der Waals surface area contributed by atoms with Crippen molar-refractivity contribution in [3.63, 3.8) is 0 Å². The van der Waals surface area contributed by atoms with Gasteiger partial charge < -0.3 is 10.1 Å². The number of piperazine rings is 1. The van der Waals surface area contributed by atoms with Gasteiger partial charge in [0.05, 0.1) is 7.11 Å². The van der Waals surface area contributed by atoms with Crippen LogP contribution < -0.4 is 10.1 Å². The van der Waals surface area contributed by atoms with Gasteiger partial charge in [0.25, 0.3) is 0 Å². The fraction of sp³-hybridized carbons (Fsp3) is 0.684. The quantitative estimate of drug-likeness (QED) is 0.781. The molecule has 1 heterocycles. The first-order valence-electron chi connectivity index (χ1n) is 8.71. The Kier molecular flexibility index (Phi) is 11.0. The van der Waals surface area contributed by atoms with Crippen molar-refractivity contribution in [2.24, 2.45) is 5.92 Å². The molecule has 0 spiro atoms. The molecule has 2 atom stereocenters. The van der Waals surface area contributed by atoms with Gasteiger partial charge in [-0.25, -0.2) is 0 Å². The minimum atomic E-state index is 0. The molecule has 1 aliphatic rings. The van der Waals surface area contributed by atoms with Gasteiger partial charge in [0.1, 0.15) is 5.75 Å². The minimum Gasteiger partial charge on any atom is -0.496 e. The summed E-state index contributed by atoms with van der Waals surface area (Å²) in [6.07, 6.45) is 1.18. The van der Waals surface area contributed by atoms with E-state index in [4.69, 9.17) is 4.74 Å². The third-order valence-corrected chi connectivity index (χ3v) is 4.97. The van der Waals surface area contributed by atoms with Gasteiger partial charge in [-0.1, -0.05) is 46.2 Å². The zero-order valence-corrected chi connectivity index (χ0v) is 17.3. The second kappa shape index (κ2) is 11.2. The molecule has 0 aromatic heterocycles. The predicted octanol–water partition coefficient (Wildman–Crippen LogP) is 4.65. The van der Waals surface area contributed by atoms with Gasteiger partial charge in [-0.15, -0.1) is 24.8 Å². The lowest BCUT2D eigenvalue weighted by Gasteiger charge is -2.39. The number of nitrogens with zero attached hydrogens (tertiary/aromatic N) is 1. The first kappa shape index (κ1) is 23.5. The van der Waals surface area contributed by atoms with Crippen LogP contribution in [-0.2, 0) is 0 Å². The average molecular weight is 377 g/mol. The summed E-state index contributed by atoms with van der Waals surface area (Å²) in [5.74, 6) is 2.20. The summed E-state index contributed by atoms with van der Waals surface area (Å²) in [6, 6.07) is 7.18. The summed E-state index contributed by atoms with van der Waals surface area (Å²) in [5, 5.41) is 3.46. The van der Waals surface area contributed by atoms with Crippen LogP contribution >= 0.6 is 24.8 Å². The molecule has 0 saturated carbocycles. The van der Waals surface area contributed by atoms with E-state index in [1.54, 1.807) is 7.11 Å². The Balaban J connectivity index is 0.00000264. The number of rotatable bonds is 6. The van der Waals surface area contributed by atoms with E-state index < -0.39 is 0 Å². The first-order chi connectivity index (χ1) is 10.6. The molecule has 0 aliphatic carbocycles. The van der Waals surface area contributed by atoms with Crippen LogP contribution in [0.3, 0.4) is 0 Å². The van der Waals surface area contributed by atoms with Crippen molar-refractivity contribution in [1.82, 2.24) is 10.2 Å². The average Bonchev–Trinajstić information content (AvgIpc) is 2.55. The maximum atomic E-state index is 5.70. The molecule has 1 fully saturated rings. The fourth-order valence-corrected chi connectivity index (χ4v) is 3.39. The van der Waals surface area contributed by atoms with E-state index in [1.165, 1.54) is 17.5 Å². The topological polar surface area (TPSA) is 24.5 Å². The molecular formula is C19H34Cl2N2O. The summed E-state index contributed by atoms with van der Waals surface area (Å²) in [5.41, 5.74) is 2.77. The van der Waals surface area contributed by atoms with E-state index in [2.05, 4.69) is 56.1 Å². The molecule has 140 valence electrons. The number of halogens is 2. The SMILES string of the molecule is CCC(C)[C@H](c1cc(C(C)C)ccc1OC)N1CCNCC1.Cl.Cl. The number of hydrogen-bond acceptors (Lipinski definition) is 3. The molecule has 1 aromatic rings. The molecule has 0 radical (unpaired) electrons. The predicted molar refractivity (Wildman–Crippen MR) is 108 cm³/mol. The third-order valence-electron chi connectivity index (χ3n) is 4.97. The molecule has 5 heteroatoms. The van der Waals surface area contributed by atoms with Crippen LogP contribution in [0.15, 0.2) is 18.2 Å². The lowest BCUT2D eigenvalue weighted by Crippen LogP contribution is -2.46. The highest BCUT2D eigenvalue weighted by molar-refractivity contribution is 5.85. The van der Waals surface area contributed by atoms with E-state index >= 15 is 0 Å². The van der Waals surface area contributed by atoms with Gasteiger partial charge in [0.15, 0.2) is 0 Å². The standard InChI is InChI=1S/C19H32N2O.2ClH/c1-6-15(4)19(21-11-9-20-10-12-21)17-13-16(14(2)3)7-8-18(17)22-5;;/h7-8,13-15,19-20H,6,9-12H2,1-5H3;2*1H/t15?,19-;;/m1../s1. The van der Waals surface area contributed by atoms with Crippen LogP contribution in [0.2, 0.25) is 0 Å². The van der Waals surface area contributed by atoms with Gasteiger partial charge in [-0.3, -0.25) is 4.90 Å². The zero-order chi connectivity index (χ0) is 16.1. The first-order valence-corrected chi connectivity index (χ1v) is 8.71. The highest BCUT2D eigenvalue weighted by Gasteiger charge is 2.29. The summed E-state index contributed by atoms with van der Waals surface area (Å²) in [7, 11) is 1.79. The highest BCUT2D eigenvalue weighted by atomic mass is 35.5. The van der Waals surface area contributed by atoms with Crippen molar-refractivity contribution in [1.29, 1.82) is 0 Å². The molecular weight excluding hydrogens is 343 g/mol. The second-order valence-corrected chi connectivity index (χ2v) is 6.77. The molecule has 0 bridgehead atoms. The van der Waals surface area contributed by atoms with E-state index in [9.17, 15) is 0 Å². The summed E-state index contributed by atoms with van der Waals surface area (Å²) < 4.78 is 5.70. The van der Waals surface area contributed by atoms with Gasteiger partial charge in [0, 0.05) is 37.8 Å². The number of benzene rings is 1. The normalized spacial score (nSPS) is 17.6. The Bertz CT molecular complexity index is 476. The van der Waals surface area contributed by atoms with Crippen LogP contribution in [0.25, 0.3) is 0 Å². The molecule has 0 amide bonds. The third kappa shape index (κ3) is 5.52. The molecule has 1 N–H and O–H groups in total. The minimum absolute atomic E-state index is 0. The smallest absolute Gasteiger partial charge is 0.123 e. The second-order valence-electron chi connectivity index (χ2n) is 6.77. The summed E-state index contributed by atoms with van der Waals surface area (Å²) in [6.45, 7) is 13.6. The number of hydrogen-bond donors (Lipinski definition) is 1. The Labute approximate surface area is 160 Å². The van der Waals surface area contributed by atoms with Crippen molar-refractivity contribution in [3.8, 4) is 5.75 Å². The van der Waals surface area contributed by atoms with Crippen LogP contribution in [0, 0.1) is 5.92 Å². The monoisotopic (exact) mass is 376 g/mol. The summed E-state index contributed by atoms with van der Waals surface area (Å²) >= 11 is 0. The van der Waals surface area contributed by atoms with Crippen molar-refractivity contribution in [2.45, 2.75) is 46.1 Å². The lowest BCUT2D eigenvalue weighted by atomic mass is 9.87. The van der Waals surface area contributed by atoms with Crippen LogP contribution in [0.1, 0.15) is 57.2 Å². The van der Waals surface area contributed by atoms with Crippen LogP contribution in [-0.4, -0.2) is 38.2 Å². The zero-order valence-electron chi connectivity index (χ0n) is 15.7. The van der Waals surface area contributed by atoms with E-state index in [0.717, 1.165) is 31.9 Å². The maximum absolute atomic E-state index is 5.70. The molecule has 3 nitrogen and oxygen atoms in total. The van der Waals surface area contributed by atoms with Gasteiger partial charge >= 0.3 is 0 Å². The largest absolute Gasteiger partial charge is 0.496 e. The highest BCUT2D eigenvalue weighted by Crippen LogP contribution is 2.38. The molecule has 1 unspecified atom stereocenters. The Hall–Kier alpha value is -0.480. The molecule has 1 saturated heterocycles. The molecule has 1 aliphatic heterocycles. The number of nitrogens with one attached hydrogen (secondary N) is 1. The fourth-order valence-electron chi connectivity index (χ4n) is 3.39. The van der Waals surface area contributed by atoms with E-state index in [0.29, 0.717) is 17.9 Å². The Morgan fingerprint density at radius 3 is 2.25 bits per heavy atom. The molecule has 1 aromatic carbocycles. The summed E-state index contributed by atoms with van der Waals surface area (Å²) in [4.78, 5) is 2.63. The van der Waals surface area contributed by atoms with Crippen molar-refractivity contribution >= 4 is 24.8 Å². The van der Waals surface area contributed by atoms with Gasteiger partial charge in [-0.05, 0) is 23.5 Å². The van der Waals surface area contributed by atoms with E-state index in [1.807, 2.05) is 0 Å². The Morgan fingerprint density at radius 1 is 1.12 bits per heavy atom. The van der Waals surface area contributed by atoms with Crippen molar-refractivity contribution in [3.05, 3.63) is 29.3 Å². The van der Waals surface area contributed by atoms with Crippen LogP contribution in [0.4, 0.5) is 0 Å². The maximum Gasteiger partial charge on any atom is 0.123 e. The van der Waals surface area contributed by atoms with E-state index in [-0.39, 0.29) is 24.8 Å². The van der Waals surface area contributed by atoms with Crippen LogP contribution in [0.5, 0.6) is 5.75 Å². The lowest BCUT2D eigenvalue weighted by molar-refractivity contribution is 0.126. The number of ether oxygens (including phenoxy) is 1. The molecule has 24 heavy (non-hydrogen) atoms. The van der Waals surface area contributed by atoms with Crippen molar-refractivity contribution in [2.75, 3.05) is 33.3 Å².